The number of alkyl halides is 2. The van der Waals surface area contributed by atoms with Crippen molar-refractivity contribution in [1.82, 2.24) is 0 Å². The number of carboxylic acid groups (broad SMARTS) is 1. The van der Waals surface area contributed by atoms with Crippen LogP contribution < -0.4 is 4.74 Å². The van der Waals surface area contributed by atoms with Crippen LogP contribution in [0.1, 0.15) is 29.2 Å². The highest BCUT2D eigenvalue weighted by atomic mass is 35.5. The van der Waals surface area contributed by atoms with Crippen molar-refractivity contribution >= 4 is 40.8 Å². The number of carboxylic acids is 1. The minimum Gasteiger partial charge on any atom is -0.492 e. The highest BCUT2D eigenvalue weighted by Gasteiger charge is 2.42. The molecular weight excluding hydrogens is 439 g/mol. The first kappa shape index (κ1) is 22.3. The van der Waals surface area contributed by atoms with Crippen molar-refractivity contribution in [2.75, 3.05) is 19.8 Å². The number of furan rings is 1. The van der Waals surface area contributed by atoms with Gasteiger partial charge in [-0.1, -0.05) is 23.7 Å². The zero-order valence-corrected chi connectivity index (χ0v) is 18.0. The molecule has 1 aliphatic carbocycles. The standard InChI is InChI=1S/C21H23Cl3O5/c22-16-5-1-2-6-19(16)28-12-15-14(17(23)10-18(15)24)11-27-9-3-4-13-7-8-20(29-13)21(25)26/h1-2,5-8,14-15,17-18H,3-4,9-12H2,(H,25,26)/t14-,15-,17?,18?/m1/s1. The monoisotopic (exact) mass is 460 g/mol. The van der Waals surface area contributed by atoms with Crippen molar-refractivity contribution in [3.63, 3.8) is 0 Å². The fourth-order valence-electron chi connectivity index (χ4n) is 3.50. The average molecular weight is 462 g/mol. The smallest absolute Gasteiger partial charge is 0.371 e. The number of benzene rings is 1. The Morgan fingerprint density at radius 1 is 1.10 bits per heavy atom. The Labute approximate surface area is 184 Å². The fraction of sp³-hybridized carbons (Fsp3) is 0.476. The molecule has 1 aromatic heterocycles. The molecule has 4 atom stereocenters. The van der Waals surface area contributed by atoms with Gasteiger partial charge in [0.1, 0.15) is 11.5 Å². The van der Waals surface area contributed by atoms with Crippen molar-refractivity contribution < 1.29 is 23.8 Å². The molecule has 29 heavy (non-hydrogen) atoms. The van der Waals surface area contributed by atoms with Crippen molar-refractivity contribution in [3.05, 3.63) is 52.9 Å². The van der Waals surface area contributed by atoms with E-state index < -0.39 is 5.97 Å². The first-order valence-electron chi connectivity index (χ1n) is 9.51. The molecular formula is C21H23Cl3O5. The molecule has 0 radical (unpaired) electrons. The third kappa shape index (κ3) is 6.05. The highest BCUT2D eigenvalue weighted by molar-refractivity contribution is 6.32. The van der Waals surface area contributed by atoms with Crippen molar-refractivity contribution in [2.24, 2.45) is 11.8 Å². The first-order valence-corrected chi connectivity index (χ1v) is 10.8. The second-order valence-corrected chi connectivity index (χ2v) is 8.61. The molecule has 1 aromatic carbocycles. The summed E-state index contributed by atoms with van der Waals surface area (Å²) in [6.07, 6.45) is 2.04. The highest BCUT2D eigenvalue weighted by Crippen LogP contribution is 2.40. The normalized spacial score (nSPS) is 24.0. The maximum absolute atomic E-state index is 10.8. The molecule has 1 N–H and O–H groups in total. The summed E-state index contributed by atoms with van der Waals surface area (Å²) in [5.41, 5.74) is 0. The van der Waals surface area contributed by atoms with E-state index >= 15 is 0 Å². The van der Waals surface area contributed by atoms with E-state index in [9.17, 15) is 4.79 Å². The van der Waals surface area contributed by atoms with E-state index in [1.54, 1.807) is 12.1 Å². The molecule has 0 aliphatic heterocycles. The minimum atomic E-state index is -1.07. The van der Waals surface area contributed by atoms with Gasteiger partial charge < -0.3 is 19.0 Å². The molecule has 2 unspecified atom stereocenters. The summed E-state index contributed by atoms with van der Waals surface area (Å²) in [6, 6.07) is 10.5. The summed E-state index contributed by atoms with van der Waals surface area (Å²) in [7, 11) is 0. The molecule has 3 rings (SSSR count). The molecule has 0 saturated heterocycles. The van der Waals surface area contributed by atoms with Crippen molar-refractivity contribution in [2.45, 2.75) is 30.0 Å². The van der Waals surface area contributed by atoms with Crippen LogP contribution in [-0.2, 0) is 11.2 Å². The molecule has 0 bridgehead atoms. The van der Waals surface area contributed by atoms with Gasteiger partial charge in [0.2, 0.25) is 5.76 Å². The number of para-hydroxylation sites is 1. The van der Waals surface area contributed by atoms with E-state index in [2.05, 4.69) is 0 Å². The number of carbonyl (C=O) groups is 1. The van der Waals surface area contributed by atoms with Gasteiger partial charge in [-0.2, -0.15) is 0 Å². The van der Waals surface area contributed by atoms with Crippen molar-refractivity contribution in [1.29, 1.82) is 0 Å². The molecule has 5 nitrogen and oxygen atoms in total. The van der Waals surface area contributed by atoms with Gasteiger partial charge in [0.05, 0.1) is 18.2 Å². The molecule has 1 saturated carbocycles. The Morgan fingerprint density at radius 3 is 2.52 bits per heavy atom. The predicted octanol–water partition coefficient (Wildman–Crippen LogP) is 5.51. The zero-order valence-electron chi connectivity index (χ0n) is 15.7. The van der Waals surface area contributed by atoms with E-state index in [4.69, 9.17) is 53.8 Å². The number of aromatic carboxylic acids is 1. The quantitative estimate of drug-likeness (QED) is 0.373. The molecule has 1 aliphatic rings. The third-order valence-corrected chi connectivity index (χ3v) is 6.41. The maximum atomic E-state index is 10.8. The van der Waals surface area contributed by atoms with Gasteiger partial charge >= 0.3 is 5.97 Å². The van der Waals surface area contributed by atoms with Crippen LogP contribution in [0.15, 0.2) is 40.8 Å². The Bertz CT molecular complexity index is 809. The summed E-state index contributed by atoms with van der Waals surface area (Å²) in [5.74, 6) is 0.306. The van der Waals surface area contributed by atoms with Crippen molar-refractivity contribution in [3.8, 4) is 5.75 Å². The molecule has 158 valence electrons. The molecule has 0 spiro atoms. The summed E-state index contributed by atoms with van der Waals surface area (Å²) in [5, 5.41) is 9.29. The molecule has 2 aromatic rings. The van der Waals surface area contributed by atoms with E-state index in [0.29, 0.717) is 49.2 Å². The lowest BCUT2D eigenvalue weighted by Crippen LogP contribution is -2.28. The number of rotatable bonds is 10. The number of hydrogen-bond donors (Lipinski definition) is 1. The van der Waals surface area contributed by atoms with Crippen LogP contribution >= 0.6 is 34.8 Å². The van der Waals surface area contributed by atoms with Gasteiger partial charge in [0, 0.05) is 35.6 Å². The van der Waals surface area contributed by atoms with Gasteiger partial charge in [-0.05, 0) is 37.1 Å². The van der Waals surface area contributed by atoms with Gasteiger partial charge in [-0.15, -0.1) is 23.2 Å². The third-order valence-electron chi connectivity index (χ3n) is 5.09. The predicted molar refractivity (Wildman–Crippen MR) is 113 cm³/mol. The molecule has 1 fully saturated rings. The SMILES string of the molecule is O=C(O)c1ccc(CCCOC[C@H]2C(Cl)CC(Cl)[C@@H]2COc2ccccc2Cl)o1. The Balaban J connectivity index is 1.44. The summed E-state index contributed by atoms with van der Waals surface area (Å²) in [4.78, 5) is 10.8. The van der Waals surface area contributed by atoms with E-state index in [1.807, 2.05) is 18.2 Å². The fourth-order valence-corrected chi connectivity index (χ4v) is 4.68. The lowest BCUT2D eigenvalue weighted by Gasteiger charge is -2.23. The Kier molecular flexibility index (Phi) is 8.13. The lowest BCUT2D eigenvalue weighted by molar-refractivity contribution is 0.0657. The molecule has 1 heterocycles. The van der Waals surface area contributed by atoms with Crippen LogP contribution in [-0.4, -0.2) is 41.7 Å². The lowest BCUT2D eigenvalue weighted by atomic mass is 9.97. The Morgan fingerprint density at radius 2 is 1.83 bits per heavy atom. The van der Waals surface area contributed by atoms with Gasteiger partial charge in [0.25, 0.3) is 0 Å². The largest absolute Gasteiger partial charge is 0.492 e. The Hall–Kier alpha value is -1.40. The minimum absolute atomic E-state index is 0.0497. The first-order chi connectivity index (χ1) is 14.0. The van der Waals surface area contributed by atoms with E-state index in [0.717, 1.165) is 6.42 Å². The van der Waals surface area contributed by atoms with Crippen LogP contribution in [0.25, 0.3) is 0 Å². The summed E-state index contributed by atoms with van der Waals surface area (Å²) in [6.45, 7) is 1.44. The zero-order chi connectivity index (χ0) is 20.8. The van der Waals surface area contributed by atoms with Gasteiger partial charge in [-0.3, -0.25) is 0 Å². The van der Waals surface area contributed by atoms with Gasteiger partial charge in [-0.25, -0.2) is 4.79 Å². The van der Waals surface area contributed by atoms with Crippen LogP contribution in [0.3, 0.4) is 0 Å². The van der Waals surface area contributed by atoms with Crippen LogP contribution in [0.5, 0.6) is 5.75 Å². The second kappa shape index (κ2) is 10.6. The summed E-state index contributed by atoms with van der Waals surface area (Å²) < 4.78 is 17.0. The number of halogens is 3. The molecule has 8 heteroatoms. The topological polar surface area (TPSA) is 68.9 Å². The van der Waals surface area contributed by atoms with Crippen LogP contribution in [0, 0.1) is 11.8 Å². The van der Waals surface area contributed by atoms with Crippen LogP contribution in [0.2, 0.25) is 5.02 Å². The maximum Gasteiger partial charge on any atom is 0.371 e. The van der Waals surface area contributed by atoms with E-state index in [-0.39, 0.29) is 28.4 Å². The number of hydrogen-bond acceptors (Lipinski definition) is 4. The second-order valence-electron chi connectivity index (χ2n) is 7.09. The number of aryl methyl sites for hydroxylation is 1. The average Bonchev–Trinajstić information content (AvgIpc) is 3.26. The molecule has 0 amide bonds. The number of ether oxygens (including phenoxy) is 2. The van der Waals surface area contributed by atoms with Gasteiger partial charge in [0.15, 0.2) is 0 Å². The van der Waals surface area contributed by atoms with E-state index in [1.165, 1.54) is 6.07 Å². The summed E-state index contributed by atoms with van der Waals surface area (Å²) >= 11 is 19.2. The van der Waals surface area contributed by atoms with Crippen LogP contribution in [0.4, 0.5) is 0 Å².